The summed E-state index contributed by atoms with van der Waals surface area (Å²) in [6.45, 7) is 1.74. The second-order valence-electron chi connectivity index (χ2n) is 9.27. The minimum atomic E-state index is -4.50. The molecule has 0 aromatic rings. The van der Waals surface area contributed by atoms with E-state index in [4.69, 9.17) is 9.26 Å². The van der Waals surface area contributed by atoms with Crippen LogP contribution in [-0.4, -0.2) is 69.2 Å². The highest BCUT2D eigenvalue weighted by atomic mass is 31.2. The van der Waals surface area contributed by atoms with Gasteiger partial charge in [-0.15, -0.1) is 0 Å². The van der Waals surface area contributed by atoms with Gasteiger partial charge in [0.25, 0.3) is 7.82 Å². The predicted octanol–water partition coefficient (Wildman–Crippen LogP) is 4.46. The Balaban J connectivity index is 3.71. The summed E-state index contributed by atoms with van der Waals surface area (Å²) in [5, 5.41) is 9.78. The van der Waals surface area contributed by atoms with E-state index < -0.39 is 26.5 Å². The van der Waals surface area contributed by atoms with Crippen LogP contribution in [0, 0.1) is 0 Å². The number of rotatable bonds is 21. The van der Waals surface area contributed by atoms with Crippen LogP contribution in [0.5, 0.6) is 0 Å². The minimum absolute atomic E-state index is 0.0152. The molecule has 0 fully saturated rings. The molecule has 0 rings (SSSR count). The summed E-state index contributed by atoms with van der Waals surface area (Å²) in [6, 6.07) is 0. The number of aliphatic hydroxyl groups excluding tert-OH is 1. The highest BCUT2D eigenvalue weighted by molar-refractivity contribution is 7.45. The predicted molar refractivity (Wildman–Crippen MR) is 139 cm³/mol. The van der Waals surface area contributed by atoms with E-state index in [2.05, 4.69) is 29.7 Å². The van der Waals surface area contributed by atoms with E-state index in [-0.39, 0.29) is 19.6 Å². The lowest BCUT2D eigenvalue weighted by atomic mass is 10.1. The van der Waals surface area contributed by atoms with Crippen LogP contribution >= 0.6 is 7.82 Å². The molecule has 1 N–H and O–H groups in total. The molecule has 0 heterocycles. The number of esters is 1. The molecule has 0 saturated heterocycles. The van der Waals surface area contributed by atoms with Crippen molar-refractivity contribution < 1.29 is 37.6 Å². The summed E-state index contributed by atoms with van der Waals surface area (Å²) in [5.41, 5.74) is 0. The summed E-state index contributed by atoms with van der Waals surface area (Å²) >= 11 is 0. The highest BCUT2D eigenvalue weighted by Gasteiger charge is 2.16. The van der Waals surface area contributed by atoms with E-state index in [1.165, 1.54) is 0 Å². The zero-order valence-corrected chi connectivity index (χ0v) is 22.9. The quantitative estimate of drug-likeness (QED) is 0.0791. The largest absolute Gasteiger partial charge is 0.756 e. The van der Waals surface area contributed by atoms with Crippen molar-refractivity contribution in [3.05, 3.63) is 48.6 Å². The van der Waals surface area contributed by atoms with Crippen molar-refractivity contribution >= 4 is 13.8 Å². The second kappa shape index (κ2) is 20.6. The monoisotopic (exact) mass is 515 g/mol. The van der Waals surface area contributed by atoms with Crippen molar-refractivity contribution in [2.45, 2.75) is 64.4 Å². The van der Waals surface area contributed by atoms with Crippen LogP contribution < -0.4 is 4.89 Å². The SMILES string of the molecule is CC/C=C/C=C/C=C/C=C/CCCCCCCC(=O)OC[C@@H](O)COP(=O)([O-])OCC[N+](C)(C)C. The fourth-order valence-electron chi connectivity index (χ4n) is 2.66. The molecule has 202 valence electrons. The number of unbranched alkanes of at least 4 members (excludes halogenated alkanes) is 5. The van der Waals surface area contributed by atoms with Gasteiger partial charge in [0.05, 0.1) is 27.7 Å². The number of phosphoric acid groups is 1. The molecule has 0 aliphatic heterocycles. The maximum atomic E-state index is 11.8. The topological polar surface area (TPSA) is 105 Å². The lowest BCUT2D eigenvalue weighted by Gasteiger charge is -2.27. The number of allylic oxidation sites excluding steroid dienone is 8. The molecule has 35 heavy (non-hydrogen) atoms. The Hall–Kier alpha value is -1.54. The molecule has 8 nitrogen and oxygen atoms in total. The molecule has 0 radical (unpaired) electrons. The first kappa shape index (κ1) is 33.5. The molecular weight excluding hydrogens is 469 g/mol. The summed E-state index contributed by atoms with van der Waals surface area (Å²) in [4.78, 5) is 23.5. The molecule has 0 spiro atoms. The molecule has 2 atom stereocenters. The van der Waals surface area contributed by atoms with Gasteiger partial charge in [-0.25, -0.2) is 0 Å². The van der Waals surface area contributed by atoms with Crippen LogP contribution in [0.15, 0.2) is 48.6 Å². The Kier molecular flexibility index (Phi) is 19.7. The highest BCUT2D eigenvalue weighted by Crippen LogP contribution is 2.38. The van der Waals surface area contributed by atoms with Gasteiger partial charge in [-0.3, -0.25) is 9.36 Å². The molecule has 0 saturated carbocycles. The molecule has 0 aliphatic rings. The van der Waals surface area contributed by atoms with Crippen molar-refractivity contribution in [3.63, 3.8) is 0 Å². The van der Waals surface area contributed by atoms with Gasteiger partial charge >= 0.3 is 5.97 Å². The third kappa shape index (κ3) is 25.4. The smallest absolute Gasteiger partial charge is 0.305 e. The number of quaternary nitrogens is 1. The van der Waals surface area contributed by atoms with Gasteiger partial charge in [0.2, 0.25) is 0 Å². The number of phosphoric ester groups is 1. The van der Waals surface area contributed by atoms with Gasteiger partial charge in [-0.2, -0.15) is 0 Å². The summed E-state index contributed by atoms with van der Waals surface area (Å²) < 4.78 is 26.6. The summed E-state index contributed by atoms with van der Waals surface area (Å²) in [7, 11) is 1.22. The van der Waals surface area contributed by atoms with Crippen molar-refractivity contribution in [2.75, 3.05) is 47.5 Å². The molecular formula is C26H46NO7P. The number of aliphatic hydroxyl groups is 1. The lowest BCUT2D eigenvalue weighted by molar-refractivity contribution is -0.870. The average molecular weight is 516 g/mol. The van der Waals surface area contributed by atoms with Crippen LogP contribution in [0.25, 0.3) is 0 Å². The average Bonchev–Trinajstić information content (AvgIpc) is 2.78. The van der Waals surface area contributed by atoms with E-state index >= 15 is 0 Å². The number of carbonyl (C=O) groups excluding carboxylic acids is 1. The second-order valence-corrected chi connectivity index (χ2v) is 10.7. The number of hydrogen-bond donors (Lipinski definition) is 1. The van der Waals surface area contributed by atoms with Gasteiger partial charge < -0.3 is 28.3 Å². The van der Waals surface area contributed by atoms with Crippen LogP contribution in [0.3, 0.4) is 0 Å². The molecule has 0 aliphatic carbocycles. The van der Waals surface area contributed by atoms with E-state index in [0.29, 0.717) is 11.0 Å². The van der Waals surface area contributed by atoms with Crippen molar-refractivity contribution in [2.24, 2.45) is 0 Å². The molecule has 0 amide bonds. The van der Waals surface area contributed by atoms with Gasteiger partial charge in [-0.05, 0) is 25.7 Å². The molecule has 0 aromatic heterocycles. The van der Waals surface area contributed by atoms with Crippen molar-refractivity contribution in [1.82, 2.24) is 0 Å². The van der Waals surface area contributed by atoms with Crippen LogP contribution in [-0.2, 0) is 23.1 Å². The Morgan fingerprint density at radius 3 is 2.17 bits per heavy atom. The van der Waals surface area contributed by atoms with Crippen LogP contribution in [0.4, 0.5) is 0 Å². The number of hydrogen-bond acceptors (Lipinski definition) is 7. The van der Waals surface area contributed by atoms with E-state index in [1.807, 2.05) is 51.5 Å². The Bertz CT molecular complexity index is 711. The number of likely N-dealkylation sites (N-methyl/N-ethyl adjacent to an activating group) is 1. The molecule has 0 bridgehead atoms. The maximum absolute atomic E-state index is 11.8. The molecule has 9 heteroatoms. The summed E-state index contributed by atoms with van der Waals surface area (Å²) in [5.74, 6) is -0.414. The van der Waals surface area contributed by atoms with E-state index in [0.717, 1.165) is 44.9 Å². The van der Waals surface area contributed by atoms with E-state index in [9.17, 15) is 19.4 Å². The normalized spacial score (nSPS) is 15.5. The number of ether oxygens (including phenoxy) is 1. The van der Waals surface area contributed by atoms with Gasteiger partial charge in [0.1, 0.15) is 25.9 Å². The Morgan fingerprint density at radius 1 is 0.914 bits per heavy atom. The standard InChI is InChI=1S/C26H46NO7P/c1-5-6-7-8-9-10-11-12-13-14-15-16-17-18-19-20-26(29)32-23-25(28)24-34-35(30,31)33-22-21-27(2,3)4/h6-13,25,28H,5,14-24H2,1-4H3/b7-6+,9-8+,11-10+,13-12+/t25-/m1/s1. The maximum Gasteiger partial charge on any atom is 0.305 e. The molecule has 1 unspecified atom stereocenters. The van der Waals surface area contributed by atoms with Crippen molar-refractivity contribution in [3.8, 4) is 0 Å². The Labute approximate surface area is 212 Å². The summed E-state index contributed by atoms with van der Waals surface area (Å²) in [6.07, 6.45) is 22.4. The molecule has 0 aromatic carbocycles. The van der Waals surface area contributed by atoms with Crippen LogP contribution in [0.2, 0.25) is 0 Å². The minimum Gasteiger partial charge on any atom is -0.756 e. The van der Waals surface area contributed by atoms with Crippen molar-refractivity contribution in [1.29, 1.82) is 0 Å². The Morgan fingerprint density at radius 2 is 1.51 bits per heavy atom. The fourth-order valence-corrected chi connectivity index (χ4v) is 3.39. The zero-order chi connectivity index (χ0) is 26.4. The lowest BCUT2D eigenvalue weighted by Crippen LogP contribution is -2.37. The van der Waals surface area contributed by atoms with Crippen LogP contribution in [0.1, 0.15) is 58.3 Å². The number of nitrogens with zero attached hydrogens (tertiary/aromatic N) is 1. The third-order valence-electron chi connectivity index (χ3n) is 4.69. The third-order valence-corrected chi connectivity index (χ3v) is 5.65. The first-order valence-electron chi connectivity index (χ1n) is 12.4. The van der Waals surface area contributed by atoms with E-state index in [1.54, 1.807) is 0 Å². The van der Waals surface area contributed by atoms with Gasteiger partial charge in [-0.1, -0.05) is 74.8 Å². The fraction of sp³-hybridized carbons (Fsp3) is 0.654. The van der Waals surface area contributed by atoms with Gasteiger partial charge in [0.15, 0.2) is 0 Å². The number of carbonyl (C=O) groups is 1. The van der Waals surface area contributed by atoms with Gasteiger partial charge in [0, 0.05) is 6.42 Å². The first-order chi connectivity index (χ1) is 16.6. The first-order valence-corrected chi connectivity index (χ1v) is 13.9. The zero-order valence-electron chi connectivity index (χ0n) is 22.0.